The van der Waals surface area contributed by atoms with Crippen LogP contribution in [0, 0.1) is 0 Å². The number of para-hydroxylation sites is 2. The van der Waals surface area contributed by atoms with Crippen LogP contribution in [0.25, 0.3) is 5.69 Å². The molecule has 132 valence electrons. The van der Waals surface area contributed by atoms with Crippen molar-refractivity contribution in [2.75, 3.05) is 13.1 Å². The number of rotatable bonds is 1. The second-order valence-electron chi connectivity index (χ2n) is 7.76. The average molecular weight is 340 g/mol. The normalized spacial score (nSPS) is 18.2. The van der Waals surface area contributed by atoms with Crippen LogP contribution in [0.4, 0.5) is 0 Å². The van der Waals surface area contributed by atoms with Crippen LogP contribution in [0.5, 0.6) is 5.75 Å². The lowest BCUT2D eigenvalue weighted by Crippen LogP contribution is -2.47. The topological polar surface area (TPSA) is 52.5 Å². The molecular formula is C20H24N2O3. The maximum atomic E-state index is 12.8. The maximum absolute atomic E-state index is 12.8. The van der Waals surface area contributed by atoms with Crippen LogP contribution in [0.1, 0.15) is 49.7 Å². The number of hydrogen-bond acceptors (Lipinski definition) is 4. The van der Waals surface area contributed by atoms with Crippen molar-refractivity contribution in [2.24, 2.45) is 0 Å². The molecule has 0 amide bonds. The Hall–Kier alpha value is -2.27. The second-order valence-corrected chi connectivity index (χ2v) is 7.76. The molecular weight excluding hydrogens is 316 g/mol. The van der Waals surface area contributed by atoms with Crippen molar-refractivity contribution >= 4 is 5.97 Å². The lowest BCUT2D eigenvalue weighted by Gasteiger charge is -2.42. The van der Waals surface area contributed by atoms with E-state index in [-0.39, 0.29) is 5.97 Å². The fraction of sp³-hybridized carbons (Fsp3) is 0.450. The van der Waals surface area contributed by atoms with E-state index >= 15 is 0 Å². The van der Waals surface area contributed by atoms with Crippen molar-refractivity contribution in [2.45, 2.75) is 44.8 Å². The molecule has 5 heteroatoms. The molecule has 0 bridgehead atoms. The molecule has 0 radical (unpaired) electrons. The summed E-state index contributed by atoms with van der Waals surface area (Å²) >= 11 is 0. The number of hydrogen-bond donors (Lipinski definition) is 1. The number of carbonyl (C=O) groups excluding carboxylic acids is 1. The van der Waals surface area contributed by atoms with Gasteiger partial charge in [-0.1, -0.05) is 12.1 Å². The summed E-state index contributed by atoms with van der Waals surface area (Å²) in [5, 5.41) is 3.38. The fourth-order valence-corrected chi connectivity index (χ4v) is 3.77. The van der Waals surface area contributed by atoms with E-state index in [0.717, 1.165) is 43.1 Å². The molecule has 4 rings (SSSR count). The zero-order chi connectivity index (χ0) is 17.7. The van der Waals surface area contributed by atoms with Gasteiger partial charge in [-0.05, 0) is 52.1 Å². The molecule has 1 aromatic heterocycles. The van der Waals surface area contributed by atoms with Crippen LogP contribution < -0.4 is 10.1 Å². The van der Waals surface area contributed by atoms with E-state index in [2.05, 4.69) is 9.88 Å². The smallest absolute Gasteiger partial charge is 0.340 e. The third-order valence-corrected chi connectivity index (χ3v) is 4.78. The lowest BCUT2D eigenvalue weighted by molar-refractivity contribution is 0.00128. The molecule has 1 saturated heterocycles. The predicted octanol–water partition coefficient (Wildman–Crippen LogP) is 3.40. The third-order valence-electron chi connectivity index (χ3n) is 4.78. The summed E-state index contributed by atoms with van der Waals surface area (Å²) in [4.78, 5) is 12.8. The number of nitrogens with one attached hydrogen (secondary N) is 1. The van der Waals surface area contributed by atoms with Crippen molar-refractivity contribution in [1.29, 1.82) is 0 Å². The first-order chi connectivity index (χ1) is 11.9. The van der Waals surface area contributed by atoms with Gasteiger partial charge in [0.2, 0.25) is 0 Å². The minimum absolute atomic E-state index is 0.290. The van der Waals surface area contributed by atoms with E-state index in [1.807, 2.05) is 57.3 Å². The summed E-state index contributed by atoms with van der Waals surface area (Å²) in [6, 6.07) is 9.84. The van der Waals surface area contributed by atoms with E-state index < -0.39 is 11.2 Å². The molecule has 2 aliphatic rings. The summed E-state index contributed by atoms with van der Waals surface area (Å²) in [7, 11) is 0. The van der Waals surface area contributed by atoms with Crippen LogP contribution in [0.2, 0.25) is 0 Å². The number of carbonyl (C=O) groups is 1. The molecule has 0 unspecified atom stereocenters. The van der Waals surface area contributed by atoms with E-state index in [1.165, 1.54) is 0 Å². The quantitative estimate of drug-likeness (QED) is 0.809. The van der Waals surface area contributed by atoms with Gasteiger partial charge in [-0.25, -0.2) is 4.79 Å². The van der Waals surface area contributed by atoms with E-state index in [9.17, 15) is 4.79 Å². The lowest BCUT2D eigenvalue weighted by atomic mass is 9.85. The van der Waals surface area contributed by atoms with Crippen molar-refractivity contribution in [3.8, 4) is 11.4 Å². The highest BCUT2D eigenvalue weighted by molar-refractivity contribution is 5.92. The van der Waals surface area contributed by atoms with Crippen molar-refractivity contribution < 1.29 is 14.3 Å². The molecule has 3 heterocycles. The molecule has 25 heavy (non-hydrogen) atoms. The molecule has 5 nitrogen and oxygen atoms in total. The Morgan fingerprint density at radius 3 is 2.64 bits per heavy atom. The van der Waals surface area contributed by atoms with Crippen molar-refractivity contribution in [3.05, 3.63) is 47.8 Å². The van der Waals surface area contributed by atoms with Crippen molar-refractivity contribution in [3.63, 3.8) is 0 Å². The van der Waals surface area contributed by atoms with Crippen LogP contribution in [-0.4, -0.2) is 29.2 Å². The van der Waals surface area contributed by atoms with Crippen LogP contribution >= 0.6 is 0 Å². The molecule has 0 aliphatic carbocycles. The number of benzene rings is 1. The highest BCUT2D eigenvalue weighted by Gasteiger charge is 2.45. The molecule has 0 saturated carbocycles. The number of piperidine rings is 1. The summed E-state index contributed by atoms with van der Waals surface area (Å²) in [5.41, 5.74) is 1.47. The van der Waals surface area contributed by atoms with Gasteiger partial charge in [-0.15, -0.1) is 0 Å². The molecule has 1 fully saturated rings. The third kappa shape index (κ3) is 2.72. The Bertz CT molecular complexity index is 811. The van der Waals surface area contributed by atoms with Gasteiger partial charge in [-0.2, -0.15) is 0 Å². The summed E-state index contributed by atoms with van der Waals surface area (Å²) < 4.78 is 14.2. The van der Waals surface area contributed by atoms with E-state index in [1.54, 1.807) is 0 Å². The van der Waals surface area contributed by atoms with Gasteiger partial charge in [-0.3, -0.25) is 0 Å². The van der Waals surface area contributed by atoms with E-state index in [0.29, 0.717) is 5.56 Å². The van der Waals surface area contributed by atoms with Gasteiger partial charge in [0.05, 0.1) is 16.9 Å². The van der Waals surface area contributed by atoms with Gasteiger partial charge in [0.25, 0.3) is 0 Å². The number of esters is 1. The first-order valence-corrected chi connectivity index (χ1v) is 8.84. The van der Waals surface area contributed by atoms with Gasteiger partial charge in [0.15, 0.2) is 5.60 Å². The highest BCUT2D eigenvalue weighted by Crippen LogP contribution is 2.45. The zero-order valence-corrected chi connectivity index (χ0v) is 15.0. The molecule has 2 aromatic rings. The predicted molar refractivity (Wildman–Crippen MR) is 95.3 cm³/mol. The molecule has 1 aromatic carbocycles. The molecule has 0 atom stereocenters. The Kier molecular flexibility index (Phi) is 3.65. The number of aromatic nitrogens is 1. The summed E-state index contributed by atoms with van der Waals surface area (Å²) in [6.45, 7) is 7.39. The largest absolute Gasteiger partial charge is 0.479 e. The Labute approximate surface area is 147 Å². The molecule has 1 N–H and O–H groups in total. The fourth-order valence-electron chi connectivity index (χ4n) is 3.77. The van der Waals surface area contributed by atoms with Crippen molar-refractivity contribution in [1.82, 2.24) is 9.88 Å². The van der Waals surface area contributed by atoms with Gasteiger partial charge in [0.1, 0.15) is 11.4 Å². The Morgan fingerprint density at radius 2 is 1.92 bits per heavy atom. The van der Waals surface area contributed by atoms with Crippen LogP contribution in [0.3, 0.4) is 0 Å². The first kappa shape index (κ1) is 16.2. The summed E-state index contributed by atoms with van der Waals surface area (Å²) in [6.07, 6.45) is 3.60. The number of nitrogens with zero attached hydrogens (tertiary/aromatic N) is 1. The molecule has 2 aliphatic heterocycles. The summed E-state index contributed by atoms with van der Waals surface area (Å²) in [5.74, 6) is 0.574. The van der Waals surface area contributed by atoms with E-state index in [4.69, 9.17) is 9.47 Å². The monoisotopic (exact) mass is 340 g/mol. The maximum Gasteiger partial charge on any atom is 0.340 e. The number of ether oxygens (including phenoxy) is 2. The van der Waals surface area contributed by atoms with Gasteiger partial charge < -0.3 is 19.4 Å². The first-order valence-electron chi connectivity index (χ1n) is 8.84. The van der Waals surface area contributed by atoms with Crippen LogP contribution in [-0.2, 0) is 10.3 Å². The Balaban J connectivity index is 1.86. The minimum atomic E-state index is -0.527. The SMILES string of the molecule is CC(C)(C)OC(=O)c1ccn2c1C1(CCNCC1)Oc1ccccc1-2. The second kappa shape index (κ2) is 5.63. The standard InChI is InChI=1S/C20H24N2O3/c1-19(2,3)25-18(23)14-8-13-22-15-6-4-5-7-16(15)24-20(17(14)22)9-11-21-12-10-20/h4-8,13,21H,9-12H2,1-3H3. The minimum Gasteiger partial charge on any atom is -0.479 e. The Morgan fingerprint density at radius 1 is 1.20 bits per heavy atom. The number of fused-ring (bicyclic) bond motifs is 4. The van der Waals surface area contributed by atoms with Gasteiger partial charge in [0, 0.05) is 19.0 Å². The zero-order valence-electron chi connectivity index (χ0n) is 15.0. The highest BCUT2D eigenvalue weighted by atomic mass is 16.6. The van der Waals surface area contributed by atoms with Gasteiger partial charge >= 0.3 is 5.97 Å². The average Bonchev–Trinajstić information content (AvgIpc) is 3.01. The molecule has 1 spiro atoms. The van der Waals surface area contributed by atoms with Crippen LogP contribution in [0.15, 0.2) is 36.5 Å².